The fraction of sp³-hybridized carbons (Fsp3) is 0.385. The molecule has 2 aromatic rings. The SMILES string of the molecule is CC1(C)C(C=C2C(=O)C(/C=C3/N(CCCCCC(=O)ON4C(=O)CCC4=O)c4ccc(S(=O)(=O)O)cc4C3(C)C)=C2O)=[N+](CC(=O)NS(C)(=O)=O)c2ccc(S(=O)(=O)O)cc21. The second-order valence-corrected chi connectivity index (χ2v) is 20.6. The highest BCUT2D eigenvalue weighted by Gasteiger charge is 2.49. The van der Waals surface area contributed by atoms with Crippen LogP contribution in [0.2, 0.25) is 0 Å². The number of benzene rings is 2. The van der Waals surface area contributed by atoms with E-state index in [-0.39, 0.29) is 53.2 Å². The molecule has 0 bridgehead atoms. The Labute approximate surface area is 351 Å². The summed E-state index contributed by atoms with van der Waals surface area (Å²) in [6.07, 6.45) is 4.61. The second kappa shape index (κ2) is 15.7. The van der Waals surface area contributed by atoms with Crippen LogP contribution in [0.25, 0.3) is 0 Å². The van der Waals surface area contributed by atoms with E-state index in [0.717, 1.165) is 12.3 Å². The molecule has 0 spiro atoms. The van der Waals surface area contributed by atoms with Gasteiger partial charge >= 0.3 is 5.97 Å². The molecule has 0 unspecified atom stereocenters. The van der Waals surface area contributed by atoms with Crippen LogP contribution in [0.1, 0.15) is 77.3 Å². The van der Waals surface area contributed by atoms with Crippen molar-refractivity contribution in [3.05, 3.63) is 82.3 Å². The summed E-state index contributed by atoms with van der Waals surface area (Å²) in [5.41, 5.74) is -0.243. The monoisotopic (exact) mass is 903 g/mol. The molecule has 22 heteroatoms. The van der Waals surface area contributed by atoms with Gasteiger partial charge in [-0.25, -0.2) is 17.9 Å². The molecule has 0 aromatic heterocycles. The number of nitrogens with zero attached hydrogens (tertiary/aromatic N) is 3. The molecule has 4 N–H and O–H groups in total. The van der Waals surface area contributed by atoms with Crippen molar-refractivity contribution >= 4 is 76.8 Å². The number of amides is 3. The molecule has 1 aliphatic carbocycles. The smallest absolute Gasteiger partial charge is 0.333 e. The number of aliphatic hydroxyl groups excluding tert-OH is 1. The van der Waals surface area contributed by atoms with Gasteiger partial charge in [-0.1, -0.05) is 20.3 Å². The normalized spacial score (nSPS) is 19.8. The molecular formula is C39H43N4O15S3+. The Morgan fingerprint density at radius 3 is 2.00 bits per heavy atom. The van der Waals surface area contributed by atoms with E-state index in [1.165, 1.54) is 47.1 Å². The number of hydroxylamine groups is 2. The topological polar surface area (TPSA) is 279 Å². The molecular weight excluding hydrogens is 861 g/mol. The quantitative estimate of drug-likeness (QED) is 0.0697. The number of rotatable bonds is 14. The Morgan fingerprint density at radius 2 is 1.43 bits per heavy atom. The van der Waals surface area contributed by atoms with Crippen LogP contribution in [0.3, 0.4) is 0 Å². The highest BCUT2D eigenvalue weighted by Crippen LogP contribution is 2.50. The molecule has 1 saturated heterocycles. The highest BCUT2D eigenvalue weighted by atomic mass is 32.2. The molecule has 0 radical (unpaired) electrons. The van der Waals surface area contributed by atoms with Gasteiger partial charge in [-0.15, -0.1) is 5.06 Å². The molecule has 2 aromatic carbocycles. The maximum atomic E-state index is 14.0. The number of nitrogens with one attached hydrogen (secondary N) is 1. The number of Topliss-reactive ketones (excluding diaryl/α,β-unsaturated/α-hetero) is 1. The molecule has 0 saturated carbocycles. The lowest BCUT2D eigenvalue weighted by Gasteiger charge is -2.29. The molecule has 0 atom stereocenters. The fourth-order valence-corrected chi connectivity index (χ4v) is 9.34. The van der Waals surface area contributed by atoms with Crippen molar-refractivity contribution in [2.24, 2.45) is 0 Å². The van der Waals surface area contributed by atoms with Gasteiger partial charge in [0.05, 0.1) is 32.6 Å². The van der Waals surface area contributed by atoms with Crippen LogP contribution in [-0.4, -0.2) is 104 Å². The van der Waals surface area contributed by atoms with Crippen LogP contribution in [0, 0.1) is 0 Å². The predicted molar refractivity (Wildman–Crippen MR) is 215 cm³/mol. The molecule has 3 amide bonds. The van der Waals surface area contributed by atoms with E-state index in [1.807, 2.05) is 9.62 Å². The number of unbranched alkanes of at least 4 members (excludes halogenated alkanes) is 2. The van der Waals surface area contributed by atoms with Crippen molar-refractivity contribution in [1.29, 1.82) is 0 Å². The number of carbonyl (C=O) groups excluding carboxylic acids is 5. The maximum Gasteiger partial charge on any atom is 0.333 e. The first-order chi connectivity index (χ1) is 28.1. The summed E-state index contributed by atoms with van der Waals surface area (Å²) >= 11 is 0. The standard InChI is InChI=1S/C39H42N4O15S3/c1-38(2)26-17-22(60(52,53)54)10-12-28(26)41(16-8-6-7-9-35(47)58-43-33(45)14-15-34(43)46)30(38)19-24-36(48)25(37(24)49)20-31-39(3,4)27-18-23(61(55,56)57)11-13-29(27)42(31)21-32(44)40-59(5,50)51/h10-13,17-20H,6-9,14-16,21H2,1-5H3,(H3-,40,44,48,49,52,53,54,55,56,57)/p+1. The van der Waals surface area contributed by atoms with Gasteiger partial charge in [0.1, 0.15) is 5.76 Å². The molecule has 326 valence electrons. The number of allylic oxidation sites excluding steroid dienone is 5. The minimum Gasteiger partial charge on any atom is -0.506 e. The third-order valence-electron chi connectivity index (χ3n) is 10.9. The molecule has 1 fully saturated rings. The number of ketones is 1. The Bertz CT molecular complexity index is 2780. The van der Waals surface area contributed by atoms with Crippen LogP contribution in [0.5, 0.6) is 0 Å². The number of aliphatic hydroxyl groups is 1. The van der Waals surface area contributed by atoms with E-state index >= 15 is 0 Å². The van der Waals surface area contributed by atoms with Crippen molar-refractivity contribution in [3.63, 3.8) is 0 Å². The van der Waals surface area contributed by atoms with Crippen LogP contribution in [0.15, 0.2) is 80.9 Å². The lowest BCUT2D eigenvalue weighted by atomic mass is 9.77. The molecule has 3 aliphatic heterocycles. The lowest BCUT2D eigenvalue weighted by molar-refractivity contribution is -0.425. The van der Waals surface area contributed by atoms with Crippen LogP contribution < -0.4 is 9.62 Å². The molecule has 4 aliphatic rings. The van der Waals surface area contributed by atoms with E-state index in [0.29, 0.717) is 46.8 Å². The zero-order valence-corrected chi connectivity index (χ0v) is 36.0. The summed E-state index contributed by atoms with van der Waals surface area (Å²) in [5, 5.41) is 12.0. The third kappa shape index (κ3) is 8.80. The number of fused-ring (bicyclic) bond motifs is 2. The number of hydrogen-bond acceptors (Lipinski definition) is 14. The number of hydrogen-bond donors (Lipinski definition) is 4. The first-order valence-electron chi connectivity index (χ1n) is 18.8. The van der Waals surface area contributed by atoms with Gasteiger partial charge in [-0.2, -0.15) is 21.4 Å². The van der Waals surface area contributed by atoms with Crippen molar-refractivity contribution in [1.82, 2.24) is 9.79 Å². The van der Waals surface area contributed by atoms with Gasteiger partial charge in [0.25, 0.3) is 38.0 Å². The third-order valence-corrected chi connectivity index (χ3v) is 13.2. The fourth-order valence-electron chi connectivity index (χ4n) is 7.85. The Hall–Kier alpha value is -5.55. The number of anilines is 1. The first-order valence-corrected chi connectivity index (χ1v) is 23.6. The zero-order valence-electron chi connectivity index (χ0n) is 33.6. The van der Waals surface area contributed by atoms with Crippen molar-refractivity contribution in [2.45, 2.75) is 86.8 Å². The summed E-state index contributed by atoms with van der Waals surface area (Å²) in [4.78, 5) is 68.8. The maximum absolute atomic E-state index is 14.0. The van der Waals surface area contributed by atoms with Crippen molar-refractivity contribution in [2.75, 3.05) is 24.2 Å². The molecule has 3 heterocycles. The zero-order chi connectivity index (χ0) is 45.2. The summed E-state index contributed by atoms with van der Waals surface area (Å²) in [6.45, 7) is 6.47. The minimum atomic E-state index is -4.67. The highest BCUT2D eigenvalue weighted by molar-refractivity contribution is 7.89. The Balaban J connectivity index is 1.33. The summed E-state index contributed by atoms with van der Waals surface area (Å²) in [7, 11) is -13.3. The van der Waals surface area contributed by atoms with Crippen LogP contribution in [-0.2, 0) is 69.9 Å². The Kier molecular flexibility index (Phi) is 11.6. The Morgan fingerprint density at radius 1 is 0.836 bits per heavy atom. The van der Waals surface area contributed by atoms with Crippen LogP contribution >= 0.6 is 0 Å². The van der Waals surface area contributed by atoms with E-state index in [1.54, 1.807) is 27.7 Å². The van der Waals surface area contributed by atoms with Gasteiger partial charge in [0, 0.05) is 60.3 Å². The number of imide groups is 1. The van der Waals surface area contributed by atoms with E-state index in [9.17, 15) is 63.4 Å². The van der Waals surface area contributed by atoms with Gasteiger partial charge in [0.2, 0.25) is 28.0 Å². The van der Waals surface area contributed by atoms with Crippen molar-refractivity contribution < 1.29 is 72.9 Å². The van der Waals surface area contributed by atoms with Gasteiger partial charge in [0.15, 0.2) is 5.71 Å². The van der Waals surface area contributed by atoms with Crippen molar-refractivity contribution in [3.8, 4) is 0 Å². The predicted octanol–water partition coefficient (Wildman–Crippen LogP) is 2.80. The average Bonchev–Trinajstić information content (AvgIpc) is 3.65. The minimum absolute atomic E-state index is 0.0397. The van der Waals surface area contributed by atoms with Gasteiger partial charge in [-0.3, -0.25) is 28.3 Å². The lowest BCUT2D eigenvalue weighted by Crippen LogP contribution is -2.37. The largest absolute Gasteiger partial charge is 0.506 e. The summed E-state index contributed by atoms with van der Waals surface area (Å²) < 4.78 is 94.9. The molecule has 19 nitrogen and oxygen atoms in total. The second-order valence-electron chi connectivity index (χ2n) is 16.0. The molecule has 61 heavy (non-hydrogen) atoms. The summed E-state index contributed by atoms with van der Waals surface area (Å²) in [5.74, 6) is -3.99. The van der Waals surface area contributed by atoms with E-state index in [2.05, 4.69) is 0 Å². The number of carbonyl (C=O) groups is 5. The van der Waals surface area contributed by atoms with Gasteiger partial charge in [-0.05, 0) is 68.7 Å². The first kappa shape index (κ1) is 45.0. The van der Waals surface area contributed by atoms with E-state index < -0.39 is 87.8 Å². The molecule has 6 rings (SSSR count). The van der Waals surface area contributed by atoms with Crippen LogP contribution in [0.4, 0.5) is 11.4 Å². The van der Waals surface area contributed by atoms with Gasteiger partial charge < -0.3 is 14.8 Å². The van der Waals surface area contributed by atoms with E-state index in [4.69, 9.17) is 4.84 Å². The average molecular weight is 904 g/mol. The summed E-state index contributed by atoms with van der Waals surface area (Å²) in [6, 6.07) is 7.65. The number of sulfonamides is 1.